The van der Waals surface area contributed by atoms with Crippen molar-refractivity contribution < 1.29 is 4.74 Å². The number of hydrogen-bond acceptors (Lipinski definition) is 5. The summed E-state index contributed by atoms with van der Waals surface area (Å²) in [7, 11) is 1.64. The minimum Gasteiger partial charge on any atom is -0.497 e. The molecule has 0 aliphatic rings. The van der Waals surface area contributed by atoms with Gasteiger partial charge in [-0.15, -0.1) is 12.4 Å². The smallest absolute Gasteiger partial charge is 0.195 e. The average molecular weight is 380 g/mol. The Labute approximate surface area is 159 Å². The van der Waals surface area contributed by atoms with Crippen LogP contribution in [0, 0.1) is 0 Å². The summed E-state index contributed by atoms with van der Waals surface area (Å²) in [5.41, 5.74) is 13.3. The Balaban J connectivity index is 0.00000338. The predicted molar refractivity (Wildman–Crippen MR) is 110 cm³/mol. The minimum atomic E-state index is 0. The van der Waals surface area contributed by atoms with Gasteiger partial charge in [-0.2, -0.15) is 0 Å². The van der Waals surface area contributed by atoms with Crippen LogP contribution in [-0.4, -0.2) is 43.1 Å². The van der Waals surface area contributed by atoms with E-state index in [1.54, 1.807) is 13.3 Å². The topological polar surface area (TPSA) is 123 Å². The number of guanidine groups is 2. The van der Waals surface area contributed by atoms with Crippen LogP contribution >= 0.6 is 12.4 Å². The molecule has 0 unspecified atom stereocenters. The van der Waals surface area contributed by atoms with Gasteiger partial charge in [-0.3, -0.25) is 20.3 Å². The highest BCUT2D eigenvalue weighted by Crippen LogP contribution is 2.27. The first kappa shape index (κ1) is 21.3. The molecule has 0 atom stereocenters. The van der Waals surface area contributed by atoms with Gasteiger partial charge in [0, 0.05) is 30.2 Å². The van der Waals surface area contributed by atoms with Crippen LogP contribution in [-0.2, 0) is 0 Å². The van der Waals surface area contributed by atoms with Crippen molar-refractivity contribution in [1.82, 2.24) is 10.3 Å². The lowest BCUT2D eigenvalue weighted by Gasteiger charge is -2.11. The molecule has 0 bridgehead atoms. The van der Waals surface area contributed by atoms with Crippen molar-refractivity contribution in [1.29, 1.82) is 0 Å². The molecule has 26 heavy (non-hydrogen) atoms. The van der Waals surface area contributed by atoms with E-state index in [4.69, 9.17) is 16.2 Å². The summed E-state index contributed by atoms with van der Waals surface area (Å²) >= 11 is 0. The monoisotopic (exact) mass is 379 g/mol. The maximum Gasteiger partial charge on any atom is 0.195 e. The van der Waals surface area contributed by atoms with Gasteiger partial charge < -0.3 is 21.5 Å². The number of halogens is 1. The summed E-state index contributed by atoms with van der Waals surface area (Å²) in [5, 5.41) is 7.07. The largest absolute Gasteiger partial charge is 0.497 e. The number of fused-ring (bicyclic) bond motifs is 1. The van der Waals surface area contributed by atoms with Crippen molar-refractivity contribution in [2.24, 2.45) is 21.5 Å². The van der Waals surface area contributed by atoms with Crippen LogP contribution in [0.4, 0.5) is 5.69 Å². The Morgan fingerprint density at radius 3 is 2.73 bits per heavy atom. The number of nitrogens with zero attached hydrogens (tertiary/aromatic N) is 3. The highest BCUT2D eigenvalue weighted by molar-refractivity contribution is 5.97. The first-order valence-electron chi connectivity index (χ1n) is 8.06. The lowest BCUT2D eigenvalue weighted by molar-refractivity contribution is 0.415. The second kappa shape index (κ2) is 10.3. The molecular formula is C17H26ClN7O. The summed E-state index contributed by atoms with van der Waals surface area (Å²) in [6.45, 7) is 4.92. The molecule has 2 rings (SSSR count). The molecule has 1 aromatic heterocycles. The first-order chi connectivity index (χ1) is 12.0. The third-order valence-corrected chi connectivity index (χ3v) is 3.28. The molecule has 0 radical (unpaired) electrons. The fraction of sp³-hybridized carbons (Fsp3) is 0.353. The van der Waals surface area contributed by atoms with Crippen molar-refractivity contribution in [3.8, 4) is 5.75 Å². The molecule has 0 fully saturated rings. The number of ether oxygens (including phenoxy) is 1. The quantitative estimate of drug-likeness (QED) is 0.344. The van der Waals surface area contributed by atoms with Crippen molar-refractivity contribution >= 4 is 40.9 Å². The van der Waals surface area contributed by atoms with E-state index in [2.05, 4.69) is 25.6 Å². The van der Waals surface area contributed by atoms with Gasteiger partial charge in [0.15, 0.2) is 11.9 Å². The number of benzene rings is 1. The summed E-state index contributed by atoms with van der Waals surface area (Å²) < 4.78 is 5.33. The van der Waals surface area contributed by atoms with E-state index in [0.717, 1.165) is 22.3 Å². The minimum absolute atomic E-state index is 0. The zero-order chi connectivity index (χ0) is 18.2. The maximum atomic E-state index is 5.78. The van der Waals surface area contributed by atoms with E-state index in [1.807, 2.05) is 38.1 Å². The number of methoxy groups -OCH3 is 1. The van der Waals surface area contributed by atoms with Crippen molar-refractivity contribution in [3.63, 3.8) is 0 Å². The number of nitrogens with two attached hydrogens (primary N) is 2. The molecular weight excluding hydrogens is 354 g/mol. The molecule has 142 valence electrons. The van der Waals surface area contributed by atoms with Crippen LogP contribution in [0.1, 0.15) is 13.8 Å². The molecule has 0 aliphatic heterocycles. The Kier molecular flexibility index (Phi) is 8.44. The molecule has 8 nitrogen and oxygen atoms in total. The number of anilines is 1. The molecule has 1 heterocycles. The molecule has 6 N–H and O–H groups in total. The van der Waals surface area contributed by atoms with Crippen molar-refractivity contribution in [2.45, 2.75) is 19.9 Å². The summed E-state index contributed by atoms with van der Waals surface area (Å²) in [6, 6.07) is 7.84. The van der Waals surface area contributed by atoms with Gasteiger partial charge in [-0.25, -0.2) is 0 Å². The second-order valence-corrected chi connectivity index (χ2v) is 5.68. The molecule has 0 aliphatic carbocycles. The fourth-order valence-corrected chi connectivity index (χ4v) is 2.27. The van der Waals surface area contributed by atoms with Gasteiger partial charge >= 0.3 is 0 Å². The highest BCUT2D eigenvalue weighted by Gasteiger charge is 2.05. The third kappa shape index (κ3) is 6.29. The number of nitrogens with one attached hydrogen (secondary N) is 2. The molecule has 2 aromatic rings. The van der Waals surface area contributed by atoms with Gasteiger partial charge in [0.1, 0.15) is 5.75 Å². The number of pyridine rings is 1. The van der Waals surface area contributed by atoms with E-state index < -0.39 is 0 Å². The predicted octanol–water partition coefficient (Wildman–Crippen LogP) is 1.70. The van der Waals surface area contributed by atoms with Gasteiger partial charge in [0.2, 0.25) is 0 Å². The SMILES string of the molecule is COc1cc(NCCN=C(N)NC(N)=NC(C)C)c2ncccc2c1.Cl. The zero-order valence-corrected chi connectivity index (χ0v) is 16.0. The van der Waals surface area contributed by atoms with Gasteiger partial charge in [-0.1, -0.05) is 6.07 Å². The summed E-state index contributed by atoms with van der Waals surface area (Å²) in [6.07, 6.45) is 1.76. The van der Waals surface area contributed by atoms with Crippen LogP contribution in [0.5, 0.6) is 5.75 Å². The Bertz CT molecular complexity index is 777. The van der Waals surface area contributed by atoms with Crippen LogP contribution in [0.3, 0.4) is 0 Å². The standard InChI is InChI=1S/C17H25N7O.ClH/c1-11(2)23-17(19)24-16(18)22-8-7-20-14-10-13(25-3)9-12-5-4-6-21-15(12)14;/h4-6,9-11,20H,7-8H2,1-3H3,(H5,18,19,22,23,24);1H. The van der Waals surface area contributed by atoms with E-state index in [9.17, 15) is 0 Å². The van der Waals surface area contributed by atoms with E-state index >= 15 is 0 Å². The maximum absolute atomic E-state index is 5.78. The molecule has 0 amide bonds. The van der Waals surface area contributed by atoms with E-state index in [1.165, 1.54) is 0 Å². The first-order valence-corrected chi connectivity index (χ1v) is 8.06. The van der Waals surface area contributed by atoms with Crippen LogP contribution in [0.25, 0.3) is 10.9 Å². The van der Waals surface area contributed by atoms with Crippen molar-refractivity contribution in [2.75, 3.05) is 25.5 Å². The lowest BCUT2D eigenvalue weighted by Crippen LogP contribution is -2.42. The van der Waals surface area contributed by atoms with Gasteiger partial charge in [0.25, 0.3) is 0 Å². The van der Waals surface area contributed by atoms with Crippen molar-refractivity contribution in [3.05, 3.63) is 30.5 Å². The second-order valence-electron chi connectivity index (χ2n) is 5.68. The number of aliphatic imine (C=N–C) groups is 2. The normalized spacial score (nSPS) is 12.0. The Morgan fingerprint density at radius 1 is 1.27 bits per heavy atom. The zero-order valence-electron chi connectivity index (χ0n) is 15.2. The highest BCUT2D eigenvalue weighted by atomic mass is 35.5. The van der Waals surface area contributed by atoms with Gasteiger partial charge in [0.05, 0.1) is 24.9 Å². The van der Waals surface area contributed by atoms with E-state index in [0.29, 0.717) is 13.1 Å². The number of aromatic nitrogens is 1. The molecule has 1 aromatic carbocycles. The summed E-state index contributed by atoms with van der Waals surface area (Å²) in [4.78, 5) is 12.8. The molecule has 0 spiro atoms. The Hall–Kier alpha value is -2.74. The van der Waals surface area contributed by atoms with Crippen LogP contribution in [0.15, 0.2) is 40.4 Å². The lowest BCUT2D eigenvalue weighted by atomic mass is 10.2. The summed E-state index contributed by atoms with van der Waals surface area (Å²) in [5.74, 6) is 1.26. The molecule has 9 heteroatoms. The van der Waals surface area contributed by atoms with Gasteiger partial charge in [-0.05, 0) is 26.0 Å². The molecule has 0 saturated carbocycles. The average Bonchev–Trinajstić information content (AvgIpc) is 2.57. The van der Waals surface area contributed by atoms with Crippen LogP contribution in [0.2, 0.25) is 0 Å². The Morgan fingerprint density at radius 2 is 2.04 bits per heavy atom. The van der Waals surface area contributed by atoms with E-state index in [-0.39, 0.29) is 30.4 Å². The fourth-order valence-electron chi connectivity index (χ4n) is 2.27. The third-order valence-electron chi connectivity index (χ3n) is 3.28. The number of hydrogen-bond donors (Lipinski definition) is 4. The molecule has 0 saturated heterocycles. The number of rotatable bonds is 6. The van der Waals surface area contributed by atoms with Crippen LogP contribution < -0.4 is 26.8 Å².